The molecule has 0 N–H and O–H groups in total. The number of carbonyl (C=O) groups is 1. The predicted octanol–water partition coefficient (Wildman–Crippen LogP) is 3.82. The summed E-state index contributed by atoms with van der Waals surface area (Å²) in [7, 11) is 0. The molecule has 0 spiro atoms. The molecule has 0 radical (unpaired) electrons. The summed E-state index contributed by atoms with van der Waals surface area (Å²) in [6.07, 6.45) is 5.11. The normalized spacial score (nSPS) is 14.9. The van der Waals surface area contributed by atoms with Gasteiger partial charge in [-0.2, -0.15) is 0 Å². The Balaban J connectivity index is 2.29. The molecule has 0 aromatic heterocycles. The van der Waals surface area contributed by atoms with E-state index in [4.69, 9.17) is 0 Å². The monoisotopic (exact) mass is 257 g/mol. The highest BCUT2D eigenvalue weighted by atomic mass is 16.1. The van der Waals surface area contributed by atoms with Gasteiger partial charge in [-0.3, -0.25) is 4.79 Å². The highest BCUT2D eigenvalue weighted by Gasteiger charge is 2.25. The van der Waals surface area contributed by atoms with Gasteiger partial charge in [0.25, 0.3) is 0 Å². The average molecular weight is 257 g/mol. The maximum atomic E-state index is 12.7. The molecule has 0 bridgehead atoms. The van der Waals surface area contributed by atoms with Gasteiger partial charge >= 0.3 is 0 Å². The minimum Gasteiger partial charge on any atom is -0.366 e. The fourth-order valence-corrected chi connectivity index (χ4v) is 2.70. The predicted molar refractivity (Wildman–Crippen MR) is 79.3 cm³/mol. The van der Waals surface area contributed by atoms with Crippen LogP contribution < -0.4 is 0 Å². The van der Waals surface area contributed by atoms with Gasteiger partial charge in [-0.05, 0) is 32.3 Å². The van der Waals surface area contributed by atoms with Gasteiger partial charge in [0, 0.05) is 18.2 Å². The summed E-state index contributed by atoms with van der Waals surface area (Å²) in [6, 6.07) is 8.40. The first-order valence-corrected chi connectivity index (χ1v) is 7.24. The zero-order valence-corrected chi connectivity index (χ0v) is 12.1. The zero-order chi connectivity index (χ0) is 13.8. The molecule has 2 rings (SSSR count). The van der Waals surface area contributed by atoms with Gasteiger partial charge in [-0.25, -0.2) is 0 Å². The molecular formula is C17H23NO. The smallest absolute Gasteiger partial charge is 0.208 e. The molecule has 0 fully saturated rings. The number of allylic oxidation sites excluding steroid dienone is 1. The van der Waals surface area contributed by atoms with Gasteiger partial charge in [0.15, 0.2) is 0 Å². The van der Waals surface area contributed by atoms with E-state index < -0.39 is 0 Å². The second kappa shape index (κ2) is 6.05. The molecule has 0 saturated carbocycles. The van der Waals surface area contributed by atoms with Crippen molar-refractivity contribution in [3.63, 3.8) is 0 Å². The van der Waals surface area contributed by atoms with Crippen molar-refractivity contribution in [1.82, 2.24) is 4.90 Å². The standard InChI is InChI=1S/C17H23NO/c1-4-8-14-9-5-6-10-15(14)17(19)16-11-7-12-18(16)13(2)3/h5-6,9-11,13H,4,7-8,12H2,1-3H3. The number of hydrogen-bond acceptors (Lipinski definition) is 2. The largest absolute Gasteiger partial charge is 0.366 e. The van der Waals surface area contributed by atoms with Crippen LogP contribution in [0.3, 0.4) is 0 Å². The maximum absolute atomic E-state index is 12.7. The van der Waals surface area contributed by atoms with E-state index in [2.05, 4.69) is 37.8 Å². The molecule has 1 aromatic rings. The van der Waals surface area contributed by atoms with E-state index in [1.807, 2.05) is 18.2 Å². The number of hydrogen-bond donors (Lipinski definition) is 0. The minimum atomic E-state index is 0.190. The molecule has 0 saturated heterocycles. The molecule has 102 valence electrons. The summed E-state index contributed by atoms with van der Waals surface area (Å²) >= 11 is 0. The topological polar surface area (TPSA) is 20.3 Å². The number of rotatable bonds is 5. The van der Waals surface area contributed by atoms with E-state index in [1.54, 1.807) is 0 Å². The Labute approximate surface area is 116 Å². The van der Waals surface area contributed by atoms with Crippen LogP contribution in [-0.4, -0.2) is 23.3 Å². The third kappa shape index (κ3) is 2.89. The number of Topliss-reactive ketones (excluding diaryl/α,β-unsaturated/α-hetero) is 1. The van der Waals surface area contributed by atoms with Crippen LogP contribution in [0.25, 0.3) is 0 Å². The van der Waals surface area contributed by atoms with Gasteiger partial charge in [0.1, 0.15) is 0 Å². The van der Waals surface area contributed by atoms with Crippen molar-refractivity contribution in [2.24, 2.45) is 0 Å². The Morgan fingerprint density at radius 3 is 2.74 bits per heavy atom. The van der Waals surface area contributed by atoms with Crippen molar-refractivity contribution < 1.29 is 4.79 Å². The Morgan fingerprint density at radius 1 is 1.32 bits per heavy atom. The van der Waals surface area contributed by atoms with E-state index >= 15 is 0 Å². The number of benzene rings is 1. The number of ketones is 1. The highest BCUT2D eigenvalue weighted by Crippen LogP contribution is 2.24. The zero-order valence-electron chi connectivity index (χ0n) is 12.1. The van der Waals surface area contributed by atoms with Crippen molar-refractivity contribution in [2.45, 2.75) is 46.1 Å². The summed E-state index contributed by atoms with van der Waals surface area (Å²) in [5.41, 5.74) is 2.94. The molecule has 2 heteroatoms. The van der Waals surface area contributed by atoms with Crippen LogP contribution in [0.15, 0.2) is 36.0 Å². The fourth-order valence-electron chi connectivity index (χ4n) is 2.70. The second-order valence-corrected chi connectivity index (χ2v) is 5.40. The third-order valence-electron chi connectivity index (χ3n) is 3.65. The molecule has 1 aliphatic rings. The van der Waals surface area contributed by atoms with Crippen LogP contribution in [0.1, 0.15) is 49.5 Å². The highest BCUT2D eigenvalue weighted by molar-refractivity contribution is 6.09. The Morgan fingerprint density at radius 2 is 2.05 bits per heavy atom. The number of aryl methyl sites for hydroxylation is 1. The molecule has 0 amide bonds. The van der Waals surface area contributed by atoms with Crippen molar-refractivity contribution in [2.75, 3.05) is 6.54 Å². The summed E-state index contributed by atoms with van der Waals surface area (Å²) in [5.74, 6) is 0.190. The first kappa shape index (κ1) is 13.9. The summed E-state index contributed by atoms with van der Waals surface area (Å²) in [5, 5.41) is 0. The lowest BCUT2D eigenvalue weighted by atomic mass is 9.98. The van der Waals surface area contributed by atoms with Gasteiger partial charge in [0.2, 0.25) is 5.78 Å². The van der Waals surface area contributed by atoms with Crippen LogP contribution in [0.5, 0.6) is 0 Å². The van der Waals surface area contributed by atoms with E-state index in [9.17, 15) is 4.79 Å². The molecule has 1 aromatic carbocycles. The fraction of sp³-hybridized carbons (Fsp3) is 0.471. The van der Waals surface area contributed by atoms with Crippen LogP contribution in [0.4, 0.5) is 0 Å². The number of nitrogens with zero attached hydrogens (tertiary/aromatic N) is 1. The number of carbonyl (C=O) groups excluding carboxylic acids is 1. The van der Waals surface area contributed by atoms with Crippen LogP contribution in [-0.2, 0) is 6.42 Å². The van der Waals surface area contributed by atoms with Crippen molar-refractivity contribution in [1.29, 1.82) is 0 Å². The van der Waals surface area contributed by atoms with Crippen LogP contribution >= 0.6 is 0 Å². The molecule has 0 unspecified atom stereocenters. The van der Waals surface area contributed by atoms with Gasteiger partial charge in [-0.15, -0.1) is 0 Å². The van der Waals surface area contributed by atoms with Crippen molar-refractivity contribution >= 4 is 5.78 Å². The SMILES string of the molecule is CCCc1ccccc1C(=O)C1=CCCN1C(C)C. The maximum Gasteiger partial charge on any atom is 0.208 e. The quantitative estimate of drug-likeness (QED) is 0.747. The molecule has 1 aliphatic heterocycles. The lowest BCUT2D eigenvalue weighted by Crippen LogP contribution is -2.31. The molecular weight excluding hydrogens is 234 g/mol. The van der Waals surface area contributed by atoms with Gasteiger partial charge in [-0.1, -0.05) is 43.7 Å². The Kier molecular flexibility index (Phi) is 4.41. The lowest BCUT2D eigenvalue weighted by molar-refractivity contribution is 0.0986. The van der Waals surface area contributed by atoms with E-state index in [1.165, 1.54) is 5.56 Å². The third-order valence-corrected chi connectivity index (χ3v) is 3.65. The molecule has 0 atom stereocenters. The summed E-state index contributed by atoms with van der Waals surface area (Å²) in [6.45, 7) is 7.40. The van der Waals surface area contributed by atoms with Crippen molar-refractivity contribution in [3.8, 4) is 0 Å². The summed E-state index contributed by atoms with van der Waals surface area (Å²) in [4.78, 5) is 15.0. The van der Waals surface area contributed by atoms with E-state index in [-0.39, 0.29) is 5.78 Å². The summed E-state index contributed by atoms with van der Waals surface area (Å²) < 4.78 is 0. The van der Waals surface area contributed by atoms with Gasteiger partial charge < -0.3 is 4.90 Å². The molecule has 2 nitrogen and oxygen atoms in total. The van der Waals surface area contributed by atoms with E-state index in [0.29, 0.717) is 6.04 Å². The molecule has 19 heavy (non-hydrogen) atoms. The first-order valence-electron chi connectivity index (χ1n) is 7.24. The molecule has 0 aliphatic carbocycles. The lowest BCUT2D eigenvalue weighted by Gasteiger charge is -2.26. The van der Waals surface area contributed by atoms with Crippen LogP contribution in [0.2, 0.25) is 0 Å². The molecule has 1 heterocycles. The first-order chi connectivity index (χ1) is 9.15. The van der Waals surface area contributed by atoms with E-state index in [0.717, 1.165) is 37.1 Å². The average Bonchev–Trinajstić information content (AvgIpc) is 2.88. The minimum absolute atomic E-state index is 0.190. The second-order valence-electron chi connectivity index (χ2n) is 5.40. The van der Waals surface area contributed by atoms with Gasteiger partial charge in [0.05, 0.1) is 5.70 Å². The Hall–Kier alpha value is -1.57. The Bertz CT molecular complexity index is 488. The van der Waals surface area contributed by atoms with Crippen LogP contribution in [0, 0.1) is 0 Å². The van der Waals surface area contributed by atoms with Crippen molar-refractivity contribution in [3.05, 3.63) is 47.2 Å².